The zero-order valence-electron chi connectivity index (χ0n) is 11.5. The van der Waals surface area contributed by atoms with Crippen LogP contribution in [0.15, 0.2) is 10.7 Å². The summed E-state index contributed by atoms with van der Waals surface area (Å²) < 4.78 is 0.983. The van der Waals surface area contributed by atoms with E-state index < -0.39 is 0 Å². The average molecular weight is 345 g/mol. The molecule has 1 saturated heterocycles. The summed E-state index contributed by atoms with van der Waals surface area (Å²) in [7, 11) is 0. The van der Waals surface area contributed by atoms with E-state index in [9.17, 15) is 0 Å². The first-order valence-electron chi connectivity index (χ1n) is 6.87. The zero-order valence-corrected chi connectivity index (χ0v) is 13.9. The van der Waals surface area contributed by atoms with Crippen molar-refractivity contribution in [3.05, 3.63) is 10.7 Å². The molecule has 1 aromatic heterocycles. The van der Waals surface area contributed by atoms with Gasteiger partial charge in [-0.15, -0.1) is 0 Å². The molecule has 2 heterocycles. The van der Waals surface area contributed by atoms with Crippen molar-refractivity contribution in [2.75, 3.05) is 35.6 Å². The lowest BCUT2D eigenvalue weighted by molar-refractivity contribution is 0.717. The molecule has 0 amide bonds. The van der Waals surface area contributed by atoms with Crippen LogP contribution in [0, 0.1) is 0 Å². The van der Waals surface area contributed by atoms with Gasteiger partial charge in [0.1, 0.15) is 5.82 Å². The Hall–Kier alpha value is -0.490. The van der Waals surface area contributed by atoms with E-state index in [1.165, 1.54) is 12.2 Å². The molecule has 4 nitrogen and oxygen atoms in total. The predicted octanol–water partition coefficient (Wildman–Crippen LogP) is 3.39. The molecule has 106 valence electrons. The highest BCUT2D eigenvalue weighted by Gasteiger charge is 2.22. The standard InChI is InChI=1S/C13H21BrN4S/c1-3-5-15-13-16-8-11(14)12(17-13)18-6-7-19-10(4-2)9-18/h8,10H,3-7,9H2,1-2H3,(H,15,16,17). The fourth-order valence-electron chi connectivity index (χ4n) is 2.06. The Morgan fingerprint density at radius 2 is 2.37 bits per heavy atom. The molecule has 1 aliphatic heterocycles. The van der Waals surface area contributed by atoms with Gasteiger partial charge in [0.2, 0.25) is 5.95 Å². The Labute approximate surface area is 127 Å². The van der Waals surface area contributed by atoms with Gasteiger partial charge in [0.05, 0.1) is 4.47 Å². The van der Waals surface area contributed by atoms with Crippen LogP contribution in [0.1, 0.15) is 26.7 Å². The van der Waals surface area contributed by atoms with Gasteiger partial charge in [0.15, 0.2) is 0 Å². The summed E-state index contributed by atoms with van der Waals surface area (Å²) in [6.07, 6.45) is 4.14. The Morgan fingerprint density at radius 3 is 3.11 bits per heavy atom. The summed E-state index contributed by atoms with van der Waals surface area (Å²) in [6, 6.07) is 0. The van der Waals surface area contributed by atoms with Gasteiger partial charge in [-0.1, -0.05) is 13.8 Å². The van der Waals surface area contributed by atoms with E-state index in [4.69, 9.17) is 0 Å². The van der Waals surface area contributed by atoms with Crippen molar-refractivity contribution < 1.29 is 0 Å². The molecule has 1 unspecified atom stereocenters. The van der Waals surface area contributed by atoms with Crippen LogP contribution in [-0.2, 0) is 0 Å². The Kier molecular flexibility index (Phi) is 5.76. The number of aromatic nitrogens is 2. The number of halogens is 1. The molecule has 1 fully saturated rings. The molecule has 1 N–H and O–H groups in total. The largest absolute Gasteiger partial charge is 0.354 e. The third kappa shape index (κ3) is 3.99. The van der Waals surface area contributed by atoms with E-state index in [0.29, 0.717) is 5.25 Å². The molecule has 0 bridgehead atoms. The summed E-state index contributed by atoms with van der Waals surface area (Å²) in [5, 5.41) is 3.96. The van der Waals surface area contributed by atoms with Crippen LogP contribution < -0.4 is 10.2 Å². The molecule has 1 aliphatic rings. The molecule has 1 aromatic rings. The number of nitrogens with zero attached hydrogens (tertiary/aromatic N) is 3. The van der Waals surface area contributed by atoms with Crippen molar-refractivity contribution in [1.29, 1.82) is 0 Å². The number of hydrogen-bond donors (Lipinski definition) is 1. The fourth-order valence-corrected chi connectivity index (χ4v) is 3.68. The van der Waals surface area contributed by atoms with E-state index in [-0.39, 0.29) is 0 Å². The SMILES string of the molecule is CCCNc1ncc(Br)c(N2CCSC(CC)C2)n1. The topological polar surface area (TPSA) is 41.1 Å². The minimum Gasteiger partial charge on any atom is -0.354 e. The first-order chi connectivity index (χ1) is 9.24. The summed E-state index contributed by atoms with van der Waals surface area (Å²) in [5.74, 6) is 2.92. The van der Waals surface area contributed by atoms with Crippen LogP contribution >= 0.6 is 27.7 Å². The number of nitrogens with one attached hydrogen (secondary N) is 1. The van der Waals surface area contributed by atoms with Crippen LogP contribution in [0.2, 0.25) is 0 Å². The lowest BCUT2D eigenvalue weighted by Crippen LogP contribution is -2.38. The summed E-state index contributed by atoms with van der Waals surface area (Å²) in [4.78, 5) is 11.3. The van der Waals surface area contributed by atoms with Gasteiger partial charge in [-0.05, 0) is 28.8 Å². The lowest BCUT2D eigenvalue weighted by atomic mass is 10.3. The molecule has 6 heteroatoms. The molecular formula is C13H21BrN4S. The van der Waals surface area contributed by atoms with Gasteiger partial charge in [0, 0.05) is 36.8 Å². The quantitative estimate of drug-likeness (QED) is 0.886. The smallest absolute Gasteiger partial charge is 0.224 e. The third-order valence-electron chi connectivity index (χ3n) is 3.15. The second kappa shape index (κ2) is 7.33. The summed E-state index contributed by atoms with van der Waals surface area (Å²) in [5.41, 5.74) is 0. The van der Waals surface area contributed by atoms with Crippen LogP contribution in [-0.4, -0.2) is 40.6 Å². The molecule has 0 spiro atoms. The number of hydrogen-bond acceptors (Lipinski definition) is 5. The summed E-state index contributed by atoms with van der Waals surface area (Å²) >= 11 is 5.64. The highest BCUT2D eigenvalue weighted by atomic mass is 79.9. The number of anilines is 2. The maximum atomic E-state index is 4.65. The van der Waals surface area contributed by atoms with E-state index in [2.05, 4.69) is 61.7 Å². The van der Waals surface area contributed by atoms with E-state index in [1.807, 2.05) is 6.20 Å². The van der Waals surface area contributed by atoms with Gasteiger partial charge in [0.25, 0.3) is 0 Å². The maximum absolute atomic E-state index is 4.65. The first kappa shape index (κ1) is 14.9. The second-order valence-corrected chi connectivity index (χ2v) is 6.90. The highest BCUT2D eigenvalue weighted by molar-refractivity contribution is 9.10. The molecule has 0 saturated carbocycles. The molecule has 1 atom stereocenters. The lowest BCUT2D eigenvalue weighted by Gasteiger charge is -2.33. The van der Waals surface area contributed by atoms with Gasteiger partial charge in [-0.25, -0.2) is 4.98 Å². The van der Waals surface area contributed by atoms with Crippen LogP contribution in [0.4, 0.5) is 11.8 Å². The first-order valence-corrected chi connectivity index (χ1v) is 8.71. The number of thioether (sulfide) groups is 1. The van der Waals surface area contributed by atoms with Crippen LogP contribution in [0.3, 0.4) is 0 Å². The monoisotopic (exact) mass is 344 g/mol. The molecule has 2 rings (SSSR count). The van der Waals surface area contributed by atoms with Crippen LogP contribution in [0.5, 0.6) is 0 Å². The number of rotatable bonds is 5. The van der Waals surface area contributed by atoms with Crippen molar-refractivity contribution >= 4 is 39.5 Å². The van der Waals surface area contributed by atoms with Crippen molar-refractivity contribution in [2.24, 2.45) is 0 Å². The van der Waals surface area contributed by atoms with Gasteiger partial charge in [-0.2, -0.15) is 16.7 Å². The highest BCUT2D eigenvalue weighted by Crippen LogP contribution is 2.29. The molecule has 0 radical (unpaired) electrons. The fraction of sp³-hybridized carbons (Fsp3) is 0.692. The van der Waals surface area contributed by atoms with Gasteiger partial charge in [-0.3, -0.25) is 0 Å². The normalized spacial score (nSPS) is 19.5. The predicted molar refractivity (Wildman–Crippen MR) is 87.3 cm³/mol. The molecule has 0 aliphatic carbocycles. The van der Waals surface area contributed by atoms with Crippen LogP contribution in [0.25, 0.3) is 0 Å². The Morgan fingerprint density at radius 1 is 1.53 bits per heavy atom. The Balaban J connectivity index is 2.13. The van der Waals surface area contributed by atoms with E-state index in [1.54, 1.807) is 0 Å². The van der Waals surface area contributed by atoms with E-state index >= 15 is 0 Å². The minimum absolute atomic E-state index is 0.711. The van der Waals surface area contributed by atoms with Gasteiger partial charge >= 0.3 is 0 Å². The second-order valence-electron chi connectivity index (χ2n) is 4.64. The summed E-state index contributed by atoms with van der Waals surface area (Å²) in [6.45, 7) is 7.44. The third-order valence-corrected chi connectivity index (χ3v) is 5.08. The minimum atomic E-state index is 0.711. The van der Waals surface area contributed by atoms with Gasteiger partial charge < -0.3 is 10.2 Å². The maximum Gasteiger partial charge on any atom is 0.224 e. The molecular weight excluding hydrogens is 324 g/mol. The van der Waals surface area contributed by atoms with Crippen molar-refractivity contribution in [1.82, 2.24) is 9.97 Å². The van der Waals surface area contributed by atoms with Crippen molar-refractivity contribution in [3.63, 3.8) is 0 Å². The molecule has 19 heavy (non-hydrogen) atoms. The zero-order chi connectivity index (χ0) is 13.7. The van der Waals surface area contributed by atoms with E-state index in [0.717, 1.165) is 42.3 Å². The average Bonchev–Trinajstić information content (AvgIpc) is 2.46. The van der Waals surface area contributed by atoms with Crippen molar-refractivity contribution in [3.8, 4) is 0 Å². The van der Waals surface area contributed by atoms with Crippen molar-refractivity contribution in [2.45, 2.75) is 31.9 Å². The molecule has 0 aromatic carbocycles. The Bertz CT molecular complexity index is 416.